The van der Waals surface area contributed by atoms with Gasteiger partial charge in [0.2, 0.25) is 12.0 Å². The van der Waals surface area contributed by atoms with Crippen LogP contribution in [0.15, 0.2) is 0 Å². The van der Waals surface area contributed by atoms with Gasteiger partial charge in [0.05, 0.1) is 0 Å². The molecule has 0 spiro atoms. The van der Waals surface area contributed by atoms with Crippen LogP contribution in [0, 0.1) is 0 Å². The average Bonchev–Trinajstić information content (AvgIpc) is 1.37. The predicted octanol–water partition coefficient (Wildman–Crippen LogP) is -0.406. The van der Waals surface area contributed by atoms with E-state index in [1.165, 1.54) is 0 Å². The summed E-state index contributed by atoms with van der Waals surface area (Å²) in [5.41, 5.74) is 2.74. The Morgan fingerprint density at radius 2 is 2.25 bits per heavy atom. The average molecular weight is 57.1 g/mol. The van der Waals surface area contributed by atoms with Crippen molar-refractivity contribution in [2.75, 3.05) is 6.54 Å². The van der Waals surface area contributed by atoms with E-state index < -0.39 is 0 Å². The molecule has 0 saturated carbocycles. The van der Waals surface area contributed by atoms with Gasteiger partial charge in [-0.1, -0.05) is 0 Å². The standard InChI is InChI=1S/C2H5N2/c1-2-4-3/h2H2,1H3/q+1. The molecule has 0 aromatic heterocycles. The molecule has 0 rings (SSSR count). The molecule has 0 saturated heterocycles. The van der Waals surface area contributed by atoms with E-state index >= 15 is 0 Å². The lowest BCUT2D eigenvalue weighted by atomic mass is 10.8. The lowest BCUT2D eigenvalue weighted by molar-refractivity contribution is 0.734. The first-order valence-electron chi connectivity index (χ1n) is 1.22. The summed E-state index contributed by atoms with van der Waals surface area (Å²) in [5.74, 6) is 7.50. The summed E-state index contributed by atoms with van der Waals surface area (Å²) in [6.45, 7) is 2.26. The molecule has 0 aliphatic carbocycles. The molecule has 0 N–H and O–H groups in total. The van der Waals surface area contributed by atoms with Gasteiger partial charge in [-0.3, -0.25) is 0 Å². The van der Waals surface area contributed by atoms with Gasteiger partial charge in [0.1, 0.15) is 0 Å². The largest absolute Gasteiger partial charge is 0.264 e. The van der Waals surface area contributed by atoms with Gasteiger partial charge in [-0.15, -0.1) is 0 Å². The van der Waals surface area contributed by atoms with E-state index in [-0.39, 0.29) is 0 Å². The third kappa shape index (κ3) is 1.92. The van der Waals surface area contributed by atoms with E-state index in [9.17, 15) is 0 Å². The zero-order chi connectivity index (χ0) is 3.41. The first-order valence-corrected chi connectivity index (χ1v) is 1.22. The number of rotatable bonds is 1. The van der Waals surface area contributed by atoms with Gasteiger partial charge in [0, 0.05) is 0 Å². The van der Waals surface area contributed by atoms with Gasteiger partial charge in [-0.25, -0.2) is 0 Å². The van der Waals surface area contributed by atoms with E-state index in [0.717, 1.165) is 0 Å². The fourth-order valence-electron chi connectivity index (χ4n) is 0. The Hall–Kier alpha value is -0.0800. The van der Waals surface area contributed by atoms with Crippen molar-refractivity contribution >= 4 is 0 Å². The van der Waals surface area contributed by atoms with Crippen molar-refractivity contribution in [2.24, 2.45) is 0 Å². The van der Waals surface area contributed by atoms with E-state index in [0.29, 0.717) is 6.54 Å². The number of hydrogen-bond donors (Lipinski definition) is 0. The molecular formula is C2H5N2+. The normalized spacial score (nSPS) is 7.50. The third-order valence-electron chi connectivity index (χ3n) is 0.141. The molecular weight excluding hydrogens is 52.0 g/mol. The van der Waals surface area contributed by atoms with Crippen LogP contribution >= 0.6 is 0 Å². The maximum atomic E-state index is 7.50. The molecule has 0 aromatic carbocycles. The predicted molar refractivity (Wildman–Crippen MR) is 14.8 cm³/mol. The molecule has 4 heavy (non-hydrogen) atoms. The van der Waals surface area contributed by atoms with Crippen LogP contribution in [0.1, 0.15) is 6.92 Å². The van der Waals surface area contributed by atoms with Gasteiger partial charge in [0.15, 0.2) is 0 Å². The zero-order valence-electron chi connectivity index (χ0n) is 2.60. The Morgan fingerprint density at radius 1 is 2.00 bits per heavy atom. The Balaban J connectivity index is 1.97. The van der Waals surface area contributed by atoms with Gasteiger partial charge in [0.25, 0.3) is 5.84 Å². The zero-order valence-corrected chi connectivity index (χ0v) is 2.60. The van der Waals surface area contributed by atoms with Gasteiger partial charge < -0.3 is 0 Å². The molecule has 0 aliphatic heterocycles. The number of nitrogens with zero attached hydrogens (tertiary/aromatic N) is 2. The summed E-state index contributed by atoms with van der Waals surface area (Å²) in [7, 11) is 0. The minimum Gasteiger partial charge on any atom is -0.00134 e. The second-order valence-electron chi connectivity index (χ2n) is 0.458. The topological polar surface area (TPSA) is 36.4 Å². The first-order chi connectivity index (χ1) is 1.91. The summed E-state index contributed by atoms with van der Waals surface area (Å²) < 4.78 is 0. The molecule has 0 unspecified atom stereocenters. The highest BCUT2D eigenvalue weighted by molar-refractivity contribution is 4.08. The lowest BCUT2D eigenvalue weighted by Crippen LogP contribution is -1.95. The van der Waals surface area contributed by atoms with Crippen LogP contribution in [0.4, 0.5) is 0 Å². The van der Waals surface area contributed by atoms with Gasteiger partial charge >= 0.3 is 0 Å². The molecule has 0 bridgehead atoms. The van der Waals surface area contributed by atoms with Crippen molar-refractivity contribution in [3.8, 4) is 0 Å². The Morgan fingerprint density at radius 3 is 2.25 bits per heavy atom. The van der Waals surface area contributed by atoms with Crippen LogP contribution in [0.3, 0.4) is 0 Å². The molecule has 0 heterocycles. The monoisotopic (exact) mass is 57.0 g/mol. The minimum atomic E-state index is 0.500. The van der Waals surface area contributed by atoms with Crippen molar-refractivity contribution in [3.05, 3.63) is 0 Å². The lowest BCUT2D eigenvalue weighted by Gasteiger charge is -1.43. The van der Waals surface area contributed by atoms with E-state index in [1.807, 2.05) is 0 Å². The van der Waals surface area contributed by atoms with Crippen molar-refractivity contribution in [1.29, 1.82) is 0 Å². The summed E-state index contributed by atoms with van der Waals surface area (Å²) in [4.78, 5) is 0. The van der Waals surface area contributed by atoms with Gasteiger partial charge in [-0.05, 0) is 6.92 Å². The van der Waals surface area contributed by atoms with Crippen LogP contribution in [0.2, 0.25) is 0 Å². The highest BCUT2D eigenvalue weighted by Gasteiger charge is 1.82. The summed E-state index contributed by atoms with van der Waals surface area (Å²) >= 11 is 0. The summed E-state index contributed by atoms with van der Waals surface area (Å²) in [6, 6.07) is 0. The maximum Gasteiger partial charge on any atom is 0.264 e. The van der Waals surface area contributed by atoms with Crippen LogP contribution in [0.5, 0.6) is 0 Å². The van der Waals surface area contributed by atoms with E-state index in [4.69, 9.17) is 5.84 Å². The van der Waals surface area contributed by atoms with Crippen molar-refractivity contribution < 1.29 is 0 Å². The van der Waals surface area contributed by atoms with Crippen LogP contribution in [-0.2, 0) is 0 Å². The molecule has 2 heteroatoms. The smallest absolute Gasteiger partial charge is 0.00134 e. The fourth-order valence-corrected chi connectivity index (χ4v) is 0. The number of hydrogen-bond acceptors (Lipinski definition) is 0. The molecule has 0 aliphatic rings. The molecule has 22 valence electrons. The summed E-state index contributed by atoms with van der Waals surface area (Å²) in [5, 5.41) is 0. The van der Waals surface area contributed by atoms with E-state index in [2.05, 4.69) is 5.43 Å². The highest BCUT2D eigenvalue weighted by Crippen LogP contribution is 1.37. The molecule has 0 fully saturated rings. The van der Waals surface area contributed by atoms with Crippen molar-refractivity contribution in [1.82, 2.24) is 11.3 Å². The van der Waals surface area contributed by atoms with Crippen molar-refractivity contribution in [2.45, 2.75) is 6.92 Å². The SMILES string of the molecule is CC[N+][N]. The third-order valence-corrected chi connectivity index (χ3v) is 0.141. The second kappa shape index (κ2) is 2.92. The Labute approximate surface area is 26.0 Å². The summed E-state index contributed by atoms with van der Waals surface area (Å²) in [6.07, 6.45) is 0. The first kappa shape index (κ1) is 3.92. The van der Waals surface area contributed by atoms with Crippen molar-refractivity contribution in [3.63, 3.8) is 0 Å². The maximum absolute atomic E-state index is 7.50. The van der Waals surface area contributed by atoms with Crippen LogP contribution < -0.4 is 11.3 Å². The second-order valence-corrected chi connectivity index (χ2v) is 0.458. The van der Waals surface area contributed by atoms with Crippen LogP contribution in [-0.4, -0.2) is 6.54 Å². The molecule has 0 amide bonds. The molecule has 4 radical (unpaired) electrons. The Bertz CT molecular complexity index is 6.00. The molecule has 0 atom stereocenters. The van der Waals surface area contributed by atoms with E-state index in [1.54, 1.807) is 6.92 Å². The molecule has 2 nitrogen and oxygen atoms in total. The minimum absolute atomic E-state index is 0.500. The van der Waals surface area contributed by atoms with Gasteiger partial charge in [-0.2, -0.15) is 0 Å². The molecule has 0 aromatic rings. The quantitative estimate of drug-likeness (QED) is 0.367. The van der Waals surface area contributed by atoms with Crippen LogP contribution in [0.25, 0.3) is 0 Å². The Kier molecular flexibility index (Phi) is 2.86. The fraction of sp³-hybridized carbons (Fsp3) is 1.00. The highest BCUT2D eigenvalue weighted by atomic mass is 15.2.